The predicted molar refractivity (Wildman–Crippen MR) is 75.7 cm³/mol. The number of nitrogen functional groups attached to an aromatic ring is 1. The number of benzene rings is 1. The second-order valence-electron chi connectivity index (χ2n) is 5.42. The van der Waals surface area contributed by atoms with Gasteiger partial charge in [0, 0.05) is 42.9 Å². The lowest BCUT2D eigenvalue weighted by Crippen LogP contribution is -2.49. The Kier molecular flexibility index (Phi) is 3.46. The van der Waals surface area contributed by atoms with Gasteiger partial charge in [-0.15, -0.1) is 0 Å². The van der Waals surface area contributed by atoms with Gasteiger partial charge in [-0.25, -0.2) is 0 Å². The first-order valence-corrected chi connectivity index (χ1v) is 7.10. The molecule has 1 atom stereocenters. The third-order valence-electron chi connectivity index (χ3n) is 4.14. The van der Waals surface area contributed by atoms with Gasteiger partial charge >= 0.3 is 0 Å². The van der Waals surface area contributed by atoms with Crippen molar-refractivity contribution in [3.8, 4) is 0 Å². The Morgan fingerprint density at radius 2 is 2.17 bits per heavy atom. The minimum Gasteiger partial charge on any atom is -0.399 e. The van der Waals surface area contributed by atoms with E-state index in [0.29, 0.717) is 0 Å². The molecule has 0 saturated carbocycles. The van der Waals surface area contributed by atoms with Crippen molar-refractivity contribution in [1.82, 2.24) is 9.80 Å². The van der Waals surface area contributed by atoms with E-state index in [2.05, 4.69) is 15.9 Å². The van der Waals surface area contributed by atoms with E-state index in [9.17, 15) is 0 Å². The number of halogens is 1. The number of hydrogen-bond donors (Lipinski definition) is 1. The molecule has 98 valence electrons. The van der Waals surface area contributed by atoms with Gasteiger partial charge in [-0.1, -0.05) is 17.7 Å². The number of nitrogens with zero attached hydrogens (tertiary/aromatic N) is 2. The van der Waals surface area contributed by atoms with Gasteiger partial charge in [-0.05, 0) is 37.1 Å². The number of fused-ring (bicyclic) bond motifs is 1. The van der Waals surface area contributed by atoms with Crippen LogP contribution in [0.4, 0.5) is 5.69 Å². The van der Waals surface area contributed by atoms with Gasteiger partial charge in [0.15, 0.2) is 0 Å². The largest absolute Gasteiger partial charge is 0.399 e. The molecule has 0 bridgehead atoms. The average molecular weight is 266 g/mol. The van der Waals surface area contributed by atoms with Crippen molar-refractivity contribution in [2.24, 2.45) is 0 Å². The first-order valence-electron chi connectivity index (χ1n) is 6.73. The van der Waals surface area contributed by atoms with Gasteiger partial charge in [0.1, 0.15) is 0 Å². The fourth-order valence-corrected chi connectivity index (χ4v) is 3.38. The summed E-state index contributed by atoms with van der Waals surface area (Å²) in [7, 11) is 0. The molecule has 1 unspecified atom stereocenters. The zero-order chi connectivity index (χ0) is 12.5. The fraction of sp³-hybridized carbons (Fsp3) is 0.571. The molecular formula is C14H20ClN3. The lowest BCUT2D eigenvalue weighted by Gasteiger charge is -2.37. The van der Waals surface area contributed by atoms with Crippen LogP contribution in [0.2, 0.25) is 5.02 Å². The third kappa shape index (κ3) is 2.48. The van der Waals surface area contributed by atoms with Gasteiger partial charge in [-0.2, -0.15) is 0 Å². The van der Waals surface area contributed by atoms with Crippen molar-refractivity contribution in [3.63, 3.8) is 0 Å². The van der Waals surface area contributed by atoms with Crippen molar-refractivity contribution in [1.29, 1.82) is 0 Å². The smallest absolute Gasteiger partial charge is 0.0471 e. The second-order valence-corrected chi connectivity index (χ2v) is 5.83. The van der Waals surface area contributed by atoms with E-state index in [4.69, 9.17) is 17.3 Å². The standard InChI is InChI=1S/C14H20ClN3/c15-14-8-12(16)4-3-11(14)9-17-6-7-18-5-1-2-13(18)10-17/h3-4,8,13H,1-2,5-7,9-10,16H2. The molecule has 3 rings (SSSR count). The maximum atomic E-state index is 6.24. The Morgan fingerprint density at radius 3 is 3.00 bits per heavy atom. The summed E-state index contributed by atoms with van der Waals surface area (Å²) in [6.45, 7) is 5.78. The molecule has 1 aromatic rings. The van der Waals surface area contributed by atoms with Crippen molar-refractivity contribution >= 4 is 17.3 Å². The molecule has 18 heavy (non-hydrogen) atoms. The van der Waals surface area contributed by atoms with Crippen molar-refractivity contribution in [2.45, 2.75) is 25.4 Å². The maximum Gasteiger partial charge on any atom is 0.0471 e. The molecule has 2 fully saturated rings. The Bertz CT molecular complexity index is 435. The van der Waals surface area contributed by atoms with E-state index in [0.717, 1.165) is 29.8 Å². The molecule has 2 aliphatic rings. The van der Waals surface area contributed by atoms with Crippen LogP contribution in [-0.2, 0) is 6.54 Å². The van der Waals surface area contributed by atoms with Crippen LogP contribution in [0.1, 0.15) is 18.4 Å². The summed E-state index contributed by atoms with van der Waals surface area (Å²) in [6.07, 6.45) is 2.72. The second kappa shape index (κ2) is 5.08. The number of hydrogen-bond acceptors (Lipinski definition) is 3. The van der Waals surface area contributed by atoms with Crippen LogP contribution in [-0.4, -0.2) is 42.0 Å². The molecule has 0 aromatic heterocycles. The molecule has 2 saturated heterocycles. The molecule has 0 amide bonds. The zero-order valence-corrected chi connectivity index (χ0v) is 11.4. The molecule has 2 heterocycles. The monoisotopic (exact) mass is 265 g/mol. The maximum absolute atomic E-state index is 6.24. The molecule has 2 N–H and O–H groups in total. The Morgan fingerprint density at radius 1 is 1.28 bits per heavy atom. The van der Waals surface area contributed by atoms with Crippen LogP contribution in [0, 0.1) is 0 Å². The van der Waals surface area contributed by atoms with E-state index in [1.54, 1.807) is 0 Å². The zero-order valence-electron chi connectivity index (χ0n) is 10.6. The molecule has 0 spiro atoms. The van der Waals surface area contributed by atoms with Crippen LogP contribution >= 0.6 is 11.6 Å². The highest BCUT2D eigenvalue weighted by Crippen LogP contribution is 2.25. The summed E-state index contributed by atoms with van der Waals surface area (Å²) >= 11 is 6.24. The van der Waals surface area contributed by atoms with Crippen LogP contribution < -0.4 is 5.73 Å². The topological polar surface area (TPSA) is 32.5 Å². The summed E-state index contributed by atoms with van der Waals surface area (Å²) in [5.74, 6) is 0. The normalized spacial score (nSPS) is 25.3. The highest BCUT2D eigenvalue weighted by molar-refractivity contribution is 6.31. The molecule has 3 nitrogen and oxygen atoms in total. The number of rotatable bonds is 2. The van der Waals surface area contributed by atoms with Gasteiger partial charge in [0.2, 0.25) is 0 Å². The lowest BCUT2D eigenvalue weighted by atomic mass is 10.1. The van der Waals surface area contributed by atoms with E-state index in [-0.39, 0.29) is 0 Å². The molecule has 0 aliphatic carbocycles. The van der Waals surface area contributed by atoms with Crippen molar-refractivity contribution in [2.75, 3.05) is 31.9 Å². The minimum absolute atomic E-state index is 0.740. The highest BCUT2D eigenvalue weighted by Gasteiger charge is 2.30. The fourth-order valence-electron chi connectivity index (χ4n) is 3.13. The van der Waals surface area contributed by atoms with Gasteiger partial charge in [-0.3, -0.25) is 9.80 Å². The molecular weight excluding hydrogens is 246 g/mol. The summed E-state index contributed by atoms with van der Waals surface area (Å²) in [5.41, 5.74) is 7.66. The molecule has 4 heteroatoms. The predicted octanol–water partition coefficient (Wildman–Crippen LogP) is 2.20. The number of anilines is 1. The molecule has 2 aliphatic heterocycles. The van der Waals surface area contributed by atoms with Crippen molar-refractivity contribution in [3.05, 3.63) is 28.8 Å². The molecule has 0 radical (unpaired) electrons. The van der Waals surface area contributed by atoms with Gasteiger partial charge in [0.25, 0.3) is 0 Å². The third-order valence-corrected chi connectivity index (χ3v) is 4.49. The van der Waals surface area contributed by atoms with Crippen LogP contribution in [0.5, 0.6) is 0 Å². The van der Waals surface area contributed by atoms with E-state index in [1.165, 1.54) is 38.0 Å². The van der Waals surface area contributed by atoms with Crippen LogP contribution in [0.3, 0.4) is 0 Å². The summed E-state index contributed by atoms with van der Waals surface area (Å²) in [4.78, 5) is 5.14. The Labute approximate surface area is 114 Å². The van der Waals surface area contributed by atoms with Crippen molar-refractivity contribution < 1.29 is 0 Å². The average Bonchev–Trinajstić information content (AvgIpc) is 2.80. The summed E-state index contributed by atoms with van der Waals surface area (Å²) in [5, 5.41) is 0.795. The van der Waals surface area contributed by atoms with Gasteiger partial charge < -0.3 is 5.73 Å². The Hall–Kier alpha value is -0.770. The minimum atomic E-state index is 0.740. The van der Waals surface area contributed by atoms with Gasteiger partial charge in [0.05, 0.1) is 0 Å². The van der Waals surface area contributed by atoms with E-state index in [1.807, 2.05) is 12.1 Å². The summed E-state index contributed by atoms with van der Waals surface area (Å²) in [6, 6.07) is 6.61. The quantitative estimate of drug-likeness (QED) is 0.833. The van der Waals surface area contributed by atoms with Crippen LogP contribution in [0.25, 0.3) is 0 Å². The lowest BCUT2D eigenvalue weighted by molar-refractivity contribution is 0.0994. The Balaban J connectivity index is 1.66. The first-order chi connectivity index (χ1) is 8.72. The van der Waals surface area contributed by atoms with Crippen LogP contribution in [0.15, 0.2) is 18.2 Å². The first kappa shape index (κ1) is 12.3. The number of nitrogens with two attached hydrogens (primary N) is 1. The number of piperazine rings is 1. The van der Waals surface area contributed by atoms with E-state index < -0.39 is 0 Å². The highest BCUT2D eigenvalue weighted by atomic mass is 35.5. The SMILES string of the molecule is Nc1ccc(CN2CCN3CCCC3C2)c(Cl)c1. The summed E-state index contributed by atoms with van der Waals surface area (Å²) < 4.78 is 0. The van der Waals surface area contributed by atoms with E-state index >= 15 is 0 Å². The molecule has 1 aromatic carbocycles.